The van der Waals surface area contributed by atoms with Crippen molar-refractivity contribution in [1.82, 2.24) is 15.1 Å². The minimum atomic E-state index is 0.0583. The standard InChI is InChI=1S/C16H19N3O/c1-2-8-19-11-13(10-17-19)14-9-15(20)18-16(14)12-6-4-3-5-7-12/h3-7,10-11,14,16H,2,8-9H2,1H3,(H,18,20). The Labute approximate surface area is 118 Å². The number of benzene rings is 1. The molecule has 1 aromatic carbocycles. The van der Waals surface area contributed by atoms with Crippen molar-refractivity contribution in [3.63, 3.8) is 0 Å². The minimum absolute atomic E-state index is 0.0583. The van der Waals surface area contributed by atoms with Gasteiger partial charge >= 0.3 is 0 Å². The predicted molar refractivity (Wildman–Crippen MR) is 77.2 cm³/mol. The number of nitrogens with one attached hydrogen (secondary N) is 1. The van der Waals surface area contributed by atoms with Gasteiger partial charge in [-0.05, 0) is 17.5 Å². The van der Waals surface area contributed by atoms with E-state index in [1.807, 2.05) is 29.1 Å². The Hall–Kier alpha value is -2.10. The Morgan fingerprint density at radius 2 is 2.10 bits per heavy atom. The molecule has 104 valence electrons. The maximum atomic E-state index is 11.8. The Morgan fingerprint density at radius 3 is 2.85 bits per heavy atom. The molecule has 4 nitrogen and oxygen atoms in total. The van der Waals surface area contributed by atoms with E-state index in [1.165, 1.54) is 0 Å². The molecule has 1 aliphatic rings. The fourth-order valence-electron chi connectivity index (χ4n) is 2.86. The van der Waals surface area contributed by atoms with Crippen LogP contribution in [-0.2, 0) is 11.3 Å². The van der Waals surface area contributed by atoms with Crippen molar-refractivity contribution in [2.24, 2.45) is 0 Å². The van der Waals surface area contributed by atoms with Crippen molar-refractivity contribution in [3.05, 3.63) is 53.9 Å². The van der Waals surface area contributed by atoms with Crippen LogP contribution in [0.5, 0.6) is 0 Å². The third kappa shape index (κ3) is 2.46. The summed E-state index contributed by atoms with van der Waals surface area (Å²) in [5.74, 6) is 0.294. The molecule has 1 N–H and O–H groups in total. The Balaban J connectivity index is 1.88. The van der Waals surface area contributed by atoms with E-state index in [0.717, 1.165) is 24.1 Å². The summed E-state index contributed by atoms with van der Waals surface area (Å²) in [7, 11) is 0. The molecule has 0 radical (unpaired) electrons. The van der Waals surface area contributed by atoms with Crippen molar-refractivity contribution in [1.29, 1.82) is 0 Å². The zero-order valence-electron chi connectivity index (χ0n) is 11.6. The van der Waals surface area contributed by atoms with Gasteiger partial charge in [-0.1, -0.05) is 37.3 Å². The highest BCUT2D eigenvalue weighted by atomic mass is 16.2. The normalized spacial score (nSPS) is 21.9. The first kappa shape index (κ1) is 12.9. The molecule has 0 aliphatic carbocycles. The van der Waals surface area contributed by atoms with Crippen molar-refractivity contribution in [2.45, 2.75) is 38.3 Å². The van der Waals surface area contributed by atoms with Crippen LogP contribution in [0.15, 0.2) is 42.7 Å². The number of rotatable bonds is 4. The zero-order chi connectivity index (χ0) is 13.9. The molecule has 3 rings (SSSR count). The third-order valence-corrected chi connectivity index (χ3v) is 3.82. The smallest absolute Gasteiger partial charge is 0.221 e. The first-order valence-corrected chi connectivity index (χ1v) is 7.14. The fourth-order valence-corrected chi connectivity index (χ4v) is 2.86. The van der Waals surface area contributed by atoms with Crippen LogP contribution < -0.4 is 5.32 Å². The van der Waals surface area contributed by atoms with E-state index in [4.69, 9.17) is 0 Å². The van der Waals surface area contributed by atoms with Crippen molar-refractivity contribution < 1.29 is 4.79 Å². The molecule has 1 fully saturated rings. The summed E-state index contributed by atoms with van der Waals surface area (Å²) in [6.07, 6.45) is 5.57. The third-order valence-electron chi connectivity index (χ3n) is 3.82. The summed E-state index contributed by atoms with van der Waals surface area (Å²) in [6.45, 7) is 3.05. The lowest BCUT2D eigenvalue weighted by atomic mass is 9.90. The van der Waals surface area contributed by atoms with Crippen LogP contribution in [0.3, 0.4) is 0 Å². The molecule has 0 spiro atoms. The number of carbonyl (C=O) groups excluding carboxylic acids is 1. The zero-order valence-corrected chi connectivity index (χ0v) is 11.6. The van der Waals surface area contributed by atoms with Crippen LogP contribution >= 0.6 is 0 Å². The fraction of sp³-hybridized carbons (Fsp3) is 0.375. The van der Waals surface area contributed by atoms with Gasteiger partial charge in [-0.3, -0.25) is 9.48 Å². The van der Waals surface area contributed by atoms with Gasteiger partial charge in [0.25, 0.3) is 0 Å². The number of aryl methyl sites for hydroxylation is 1. The van der Waals surface area contributed by atoms with E-state index in [2.05, 4.69) is 35.7 Å². The lowest BCUT2D eigenvalue weighted by Crippen LogP contribution is -2.20. The Bertz CT molecular complexity index is 591. The second-order valence-corrected chi connectivity index (χ2v) is 5.30. The molecule has 4 heteroatoms. The highest BCUT2D eigenvalue weighted by Crippen LogP contribution is 2.37. The van der Waals surface area contributed by atoms with Gasteiger partial charge in [0.2, 0.25) is 5.91 Å². The van der Waals surface area contributed by atoms with Gasteiger partial charge in [0.05, 0.1) is 12.2 Å². The maximum absolute atomic E-state index is 11.8. The van der Waals surface area contributed by atoms with Crippen LogP contribution in [0.25, 0.3) is 0 Å². The van der Waals surface area contributed by atoms with Gasteiger partial charge in [0, 0.05) is 25.1 Å². The average molecular weight is 269 g/mol. The van der Waals surface area contributed by atoms with Gasteiger partial charge in [0.15, 0.2) is 0 Å². The predicted octanol–water partition coefficient (Wildman–Crippen LogP) is 2.64. The van der Waals surface area contributed by atoms with Crippen LogP contribution in [0.4, 0.5) is 0 Å². The topological polar surface area (TPSA) is 46.9 Å². The quantitative estimate of drug-likeness (QED) is 0.927. The number of hydrogen-bond acceptors (Lipinski definition) is 2. The van der Waals surface area contributed by atoms with Crippen LogP contribution in [-0.4, -0.2) is 15.7 Å². The summed E-state index contributed by atoms with van der Waals surface area (Å²) in [5.41, 5.74) is 2.30. The van der Waals surface area contributed by atoms with Gasteiger partial charge in [-0.25, -0.2) is 0 Å². The molecular weight excluding hydrogens is 250 g/mol. The van der Waals surface area contributed by atoms with Crippen LogP contribution in [0.1, 0.15) is 42.9 Å². The van der Waals surface area contributed by atoms with Gasteiger partial charge < -0.3 is 5.32 Å². The maximum Gasteiger partial charge on any atom is 0.221 e. The van der Waals surface area contributed by atoms with Gasteiger partial charge in [0.1, 0.15) is 0 Å². The van der Waals surface area contributed by atoms with Crippen LogP contribution in [0.2, 0.25) is 0 Å². The van der Waals surface area contributed by atoms with Crippen molar-refractivity contribution in [2.75, 3.05) is 0 Å². The Kier molecular flexibility index (Phi) is 3.54. The first-order valence-electron chi connectivity index (χ1n) is 7.14. The van der Waals surface area contributed by atoms with Gasteiger partial charge in [-0.15, -0.1) is 0 Å². The second kappa shape index (κ2) is 5.49. The van der Waals surface area contributed by atoms with Crippen molar-refractivity contribution >= 4 is 5.91 Å². The van der Waals surface area contributed by atoms with Crippen LogP contribution in [0, 0.1) is 0 Å². The number of carbonyl (C=O) groups is 1. The summed E-state index contributed by atoms with van der Waals surface area (Å²) in [4.78, 5) is 11.8. The van der Waals surface area contributed by atoms with E-state index in [0.29, 0.717) is 6.42 Å². The monoisotopic (exact) mass is 269 g/mol. The van der Waals surface area contributed by atoms with E-state index < -0.39 is 0 Å². The molecule has 2 aromatic rings. The SMILES string of the molecule is CCCn1cc(C2CC(=O)NC2c2ccccc2)cn1. The molecule has 2 heterocycles. The molecule has 2 unspecified atom stereocenters. The van der Waals surface area contributed by atoms with E-state index >= 15 is 0 Å². The Morgan fingerprint density at radius 1 is 1.30 bits per heavy atom. The van der Waals surface area contributed by atoms with E-state index in [1.54, 1.807) is 0 Å². The molecule has 20 heavy (non-hydrogen) atoms. The molecular formula is C16H19N3O. The van der Waals surface area contributed by atoms with Crippen molar-refractivity contribution in [3.8, 4) is 0 Å². The second-order valence-electron chi connectivity index (χ2n) is 5.30. The molecule has 0 saturated carbocycles. The van der Waals surface area contributed by atoms with E-state index in [-0.39, 0.29) is 17.9 Å². The minimum Gasteiger partial charge on any atom is -0.349 e. The summed E-state index contributed by atoms with van der Waals surface area (Å²) < 4.78 is 1.96. The largest absolute Gasteiger partial charge is 0.349 e. The molecule has 1 amide bonds. The number of hydrogen-bond donors (Lipinski definition) is 1. The van der Waals surface area contributed by atoms with E-state index in [9.17, 15) is 4.79 Å². The highest BCUT2D eigenvalue weighted by Gasteiger charge is 2.35. The average Bonchev–Trinajstić information content (AvgIpc) is 3.07. The highest BCUT2D eigenvalue weighted by molar-refractivity contribution is 5.80. The summed E-state index contributed by atoms with van der Waals surface area (Å²) in [5, 5.41) is 7.47. The van der Waals surface area contributed by atoms with Gasteiger partial charge in [-0.2, -0.15) is 5.10 Å². The number of amides is 1. The molecule has 2 atom stereocenters. The summed E-state index contributed by atoms with van der Waals surface area (Å²) in [6, 6.07) is 10.2. The molecule has 1 aromatic heterocycles. The molecule has 0 bridgehead atoms. The lowest BCUT2D eigenvalue weighted by Gasteiger charge is -2.18. The number of aromatic nitrogens is 2. The molecule has 1 saturated heterocycles. The first-order chi connectivity index (χ1) is 9.78. The molecule has 1 aliphatic heterocycles. The summed E-state index contributed by atoms with van der Waals surface area (Å²) >= 11 is 0. The lowest BCUT2D eigenvalue weighted by molar-refractivity contribution is -0.119. The number of nitrogens with zero attached hydrogens (tertiary/aromatic N) is 2.